The highest BCUT2D eigenvalue weighted by molar-refractivity contribution is 5.81. The Hall–Kier alpha value is -1.35. The van der Waals surface area contributed by atoms with Crippen LogP contribution < -0.4 is 4.74 Å². The Morgan fingerprint density at radius 2 is 2.16 bits per heavy atom. The van der Waals surface area contributed by atoms with E-state index in [1.54, 1.807) is 7.11 Å². The minimum absolute atomic E-state index is 0.0115. The maximum atomic E-state index is 12.2. The highest BCUT2D eigenvalue weighted by atomic mass is 16.5. The van der Waals surface area contributed by atoms with Gasteiger partial charge in [0.05, 0.1) is 18.1 Å². The van der Waals surface area contributed by atoms with Crippen LogP contribution in [0.15, 0.2) is 24.3 Å². The van der Waals surface area contributed by atoms with Crippen LogP contribution in [0.5, 0.6) is 5.75 Å². The molecule has 0 aromatic heterocycles. The summed E-state index contributed by atoms with van der Waals surface area (Å²) in [5.41, 5.74) is 0.904. The van der Waals surface area contributed by atoms with Crippen LogP contribution in [0.25, 0.3) is 0 Å². The van der Waals surface area contributed by atoms with Gasteiger partial charge in [-0.15, -0.1) is 0 Å². The molecule has 1 aromatic carbocycles. The summed E-state index contributed by atoms with van der Waals surface area (Å²) in [6.45, 7) is 4.52. The second-order valence-corrected chi connectivity index (χ2v) is 5.75. The first kappa shape index (κ1) is 14.1. The average molecular weight is 262 g/mol. The molecule has 0 bridgehead atoms. The number of hydrogen-bond acceptors (Lipinski definition) is 3. The van der Waals surface area contributed by atoms with Crippen LogP contribution >= 0.6 is 0 Å². The van der Waals surface area contributed by atoms with E-state index in [-0.39, 0.29) is 17.3 Å². The van der Waals surface area contributed by atoms with E-state index in [2.05, 4.69) is 0 Å². The Balaban J connectivity index is 1.92. The van der Waals surface area contributed by atoms with Crippen LogP contribution in [-0.2, 0) is 16.0 Å². The minimum Gasteiger partial charge on any atom is -0.493 e. The van der Waals surface area contributed by atoms with E-state index in [0.29, 0.717) is 13.0 Å². The van der Waals surface area contributed by atoms with Crippen LogP contribution in [0.1, 0.15) is 32.3 Å². The predicted molar refractivity (Wildman–Crippen MR) is 74.5 cm³/mol. The summed E-state index contributed by atoms with van der Waals surface area (Å²) in [5.74, 6) is 1.19. The number of para-hydroxylation sites is 1. The first-order chi connectivity index (χ1) is 9.02. The Bertz CT molecular complexity index is 451. The summed E-state index contributed by atoms with van der Waals surface area (Å²) < 4.78 is 11.0. The zero-order valence-electron chi connectivity index (χ0n) is 11.9. The van der Waals surface area contributed by atoms with Gasteiger partial charge in [0.25, 0.3) is 0 Å². The van der Waals surface area contributed by atoms with Gasteiger partial charge in [0.1, 0.15) is 11.5 Å². The number of carbonyl (C=O) groups is 1. The van der Waals surface area contributed by atoms with Crippen LogP contribution in [0.2, 0.25) is 0 Å². The summed E-state index contributed by atoms with van der Waals surface area (Å²) >= 11 is 0. The SMILES string of the molecule is COC(C)(C)CCC(=O)C1COc2ccccc2C1. The standard InChI is InChI=1S/C16H22O3/c1-16(2,18-3)9-8-14(17)13-10-12-6-4-5-7-15(12)19-11-13/h4-7,13H,8-11H2,1-3H3. The fourth-order valence-corrected chi connectivity index (χ4v) is 2.27. The third-order valence-electron chi connectivity index (χ3n) is 3.86. The summed E-state index contributed by atoms with van der Waals surface area (Å²) in [6, 6.07) is 7.95. The highest BCUT2D eigenvalue weighted by Gasteiger charge is 2.27. The zero-order chi connectivity index (χ0) is 13.9. The van der Waals surface area contributed by atoms with Crippen LogP contribution in [0, 0.1) is 5.92 Å². The van der Waals surface area contributed by atoms with Gasteiger partial charge in [0.15, 0.2) is 0 Å². The van der Waals surface area contributed by atoms with Crippen molar-refractivity contribution in [2.45, 2.75) is 38.7 Å². The molecule has 1 aromatic rings. The molecule has 1 aliphatic heterocycles. The monoisotopic (exact) mass is 262 g/mol. The molecule has 19 heavy (non-hydrogen) atoms. The van der Waals surface area contributed by atoms with Crippen molar-refractivity contribution in [1.82, 2.24) is 0 Å². The lowest BCUT2D eigenvalue weighted by molar-refractivity contribution is -0.125. The lowest BCUT2D eigenvalue weighted by atomic mass is 9.89. The van der Waals surface area contributed by atoms with Gasteiger partial charge in [-0.2, -0.15) is 0 Å². The van der Waals surface area contributed by atoms with Gasteiger partial charge in [-0.1, -0.05) is 18.2 Å². The van der Waals surface area contributed by atoms with Gasteiger partial charge in [0.2, 0.25) is 0 Å². The van der Waals surface area contributed by atoms with Gasteiger partial charge in [-0.3, -0.25) is 4.79 Å². The predicted octanol–water partition coefficient (Wildman–Crippen LogP) is 3.01. The molecule has 1 unspecified atom stereocenters. The molecule has 0 saturated heterocycles. The van der Waals surface area contributed by atoms with Crippen molar-refractivity contribution in [2.24, 2.45) is 5.92 Å². The molecule has 1 aliphatic rings. The third kappa shape index (κ3) is 3.57. The Kier molecular flexibility index (Phi) is 4.25. The second-order valence-electron chi connectivity index (χ2n) is 5.75. The van der Waals surface area contributed by atoms with Crippen molar-refractivity contribution in [3.05, 3.63) is 29.8 Å². The molecule has 104 valence electrons. The largest absolute Gasteiger partial charge is 0.493 e. The summed E-state index contributed by atoms with van der Waals surface area (Å²) in [6.07, 6.45) is 2.10. The number of hydrogen-bond donors (Lipinski definition) is 0. The van der Waals surface area contributed by atoms with Crippen molar-refractivity contribution in [3.8, 4) is 5.75 Å². The van der Waals surface area contributed by atoms with Crippen molar-refractivity contribution in [3.63, 3.8) is 0 Å². The van der Waals surface area contributed by atoms with E-state index in [9.17, 15) is 4.79 Å². The molecular weight excluding hydrogens is 240 g/mol. The molecule has 0 radical (unpaired) electrons. The molecule has 1 heterocycles. The number of ether oxygens (including phenoxy) is 2. The minimum atomic E-state index is -0.233. The van der Waals surface area contributed by atoms with E-state index in [0.717, 1.165) is 24.2 Å². The lowest BCUT2D eigenvalue weighted by Gasteiger charge is -2.26. The Morgan fingerprint density at radius 3 is 2.89 bits per heavy atom. The molecule has 3 nitrogen and oxygen atoms in total. The van der Waals surface area contributed by atoms with Crippen molar-refractivity contribution in [1.29, 1.82) is 0 Å². The highest BCUT2D eigenvalue weighted by Crippen LogP contribution is 2.28. The molecular formula is C16H22O3. The molecule has 0 amide bonds. The number of ketones is 1. The summed E-state index contributed by atoms with van der Waals surface area (Å²) in [7, 11) is 1.68. The molecule has 0 fully saturated rings. The Labute approximate surface area is 114 Å². The molecule has 2 rings (SSSR count). The molecule has 1 atom stereocenters. The fourth-order valence-electron chi connectivity index (χ4n) is 2.27. The second kappa shape index (κ2) is 5.74. The third-order valence-corrected chi connectivity index (χ3v) is 3.86. The number of benzene rings is 1. The summed E-state index contributed by atoms with van der Waals surface area (Å²) in [4.78, 5) is 12.2. The number of fused-ring (bicyclic) bond motifs is 1. The van der Waals surface area contributed by atoms with Crippen LogP contribution in [0.4, 0.5) is 0 Å². The number of rotatable bonds is 5. The average Bonchev–Trinajstić information content (AvgIpc) is 2.44. The van der Waals surface area contributed by atoms with E-state index in [4.69, 9.17) is 9.47 Å². The first-order valence-electron chi connectivity index (χ1n) is 6.80. The number of Topliss-reactive ketones (excluding diaryl/α,β-unsaturated/α-hetero) is 1. The Morgan fingerprint density at radius 1 is 1.42 bits per heavy atom. The van der Waals surface area contributed by atoms with E-state index >= 15 is 0 Å². The van der Waals surface area contributed by atoms with E-state index in [1.807, 2.05) is 38.1 Å². The van der Waals surface area contributed by atoms with Crippen molar-refractivity contribution in [2.75, 3.05) is 13.7 Å². The van der Waals surface area contributed by atoms with Crippen LogP contribution in [0.3, 0.4) is 0 Å². The van der Waals surface area contributed by atoms with E-state index in [1.165, 1.54) is 0 Å². The van der Waals surface area contributed by atoms with E-state index < -0.39 is 0 Å². The first-order valence-corrected chi connectivity index (χ1v) is 6.80. The topological polar surface area (TPSA) is 35.5 Å². The maximum Gasteiger partial charge on any atom is 0.139 e. The van der Waals surface area contributed by atoms with Gasteiger partial charge in [0, 0.05) is 13.5 Å². The van der Waals surface area contributed by atoms with Crippen molar-refractivity contribution < 1.29 is 14.3 Å². The van der Waals surface area contributed by atoms with Gasteiger partial charge >= 0.3 is 0 Å². The normalized spacial score (nSPS) is 18.6. The van der Waals surface area contributed by atoms with Gasteiger partial charge in [-0.25, -0.2) is 0 Å². The number of carbonyl (C=O) groups excluding carboxylic acids is 1. The molecule has 0 saturated carbocycles. The number of methoxy groups -OCH3 is 1. The fraction of sp³-hybridized carbons (Fsp3) is 0.562. The van der Waals surface area contributed by atoms with Gasteiger partial charge < -0.3 is 9.47 Å². The van der Waals surface area contributed by atoms with Crippen LogP contribution in [-0.4, -0.2) is 25.1 Å². The quantitative estimate of drug-likeness (QED) is 0.818. The van der Waals surface area contributed by atoms with Crippen molar-refractivity contribution >= 4 is 5.78 Å². The molecule has 0 aliphatic carbocycles. The van der Waals surface area contributed by atoms with Gasteiger partial charge in [-0.05, 0) is 38.3 Å². The molecule has 0 N–H and O–H groups in total. The summed E-state index contributed by atoms with van der Waals surface area (Å²) in [5, 5.41) is 0. The maximum absolute atomic E-state index is 12.2. The molecule has 3 heteroatoms. The lowest BCUT2D eigenvalue weighted by Crippen LogP contribution is -2.30. The zero-order valence-corrected chi connectivity index (χ0v) is 11.9. The smallest absolute Gasteiger partial charge is 0.139 e. The molecule has 0 spiro atoms.